The summed E-state index contributed by atoms with van der Waals surface area (Å²) in [5.41, 5.74) is 0.234. The van der Waals surface area contributed by atoms with Crippen LogP contribution in [-0.2, 0) is 20.9 Å². The zero-order valence-corrected chi connectivity index (χ0v) is 20.6. The highest BCUT2D eigenvalue weighted by atomic mass is 35.5. The molecule has 13 heteroatoms. The van der Waals surface area contributed by atoms with E-state index in [0.29, 0.717) is 24.5 Å². The average Bonchev–Trinajstić information content (AvgIpc) is 3.11. The molecule has 1 fully saturated rings. The van der Waals surface area contributed by atoms with Crippen molar-refractivity contribution in [2.75, 3.05) is 26.3 Å². The van der Waals surface area contributed by atoms with E-state index in [2.05, 4.69) is 10.1 Å². The Bertz CT molecular complexity index is 1390. The molecule has 2 aromatic carbocycles. The topological polar surface area (TPSA) is 76.8 Å². The molecule has 0 saturated carbocycles. The van der Waals surface area contributed by atoms with Crippen LogP contribution in [0, 0.1) is 6.92 Å². The number of nitrogens with zero attached hydrogens (tertiary/aromatic N) is 4. The molecule has 0 radical (unpaired) electrons. The molecule has 3 aromatic rings. The minimum Gasteiger partial charge on any atom is -0.379 e. The summed E-state index contributed by atoms with van der Waals surface area (Å²) in [4.78, 5) is 4.32. The molecule has 1 aromatic heterocycles. The molecule has 0 atom stereocenters. The fourth-order valence-corrected chi connectivity index (χ4v) is 5.38. The first kappa shape index (κ1) is 25.6. The van der Waals surface area contributed by atoms with Crippen molar-refractivity contribution < 1.29 is 26.3 Å². The first-order valence-electron chi connectivity index (χ1n) is 10.3. The third kappa shape index (κ3) is 5.39. The first-order valence-corrected chi connectivity index (χ1v) is 12.5. The number of alkyl halides is 3. The largest absolute Gasteiger partial charge is 0.416 e. The van der Waals surface area contributed by atoms with Gasteiger partial charge in [-0.25, -0.2) is 13.1 Å². The van der Waals surface area contributed by atoms with Gasteiger partial charge in [-0.3, -0.25) is 4.99 Å². The average molecular weight is 547 g/mol. The number of morpholine rings is 1. The van der Waals surface area contributed by atoms with Crippen molar-refractivity contribution in [2.24, 2.45) is 4.99 Å². The van der Waals surface area contributed by atoms with Crippen LogP contribution in [-0.4, -0.2) is 55.0 Å². The maximum atomic E-state index is 13.1. The van der Waals surface area contributed by atoms with Gasteiger partial charge < -0.3 is 4.74 Å². The summed E-state index contributed by atoms with van der Waals surface area (Å²) in [5.74, 6) is 0. The van der Waals surface area contributed by atoms with E-state index in [-0.39, 0.29) is 39.5 Å². The highest BCUT2D eigenvalue weighted by Crippen LogP contribution is 2.33. The predicted octanol–water partition coefficient (Wildman–Crippen LogP) is 5.28. The highest BCUT2D eigenvalue weighted by molar-refractivity contribution is 7.89. The summed E-state index contributed by atoms with van der Waals surface area (Å²) in [5, 5.41) is 4.49. The maximum absolute atomic E-state index is 13.1. The monoisotopic (exact) mass is 546 g/mol. The van der Waals surface area contributed by atoms with Crippen molar-refractivity contribution in [3.8, 4) is 5.69 Å². The third-order valence-corrected chi connectivity index (χ3v) is 7.90. The van der Waals surface area contributed by atoms with Gasteiger partial charge in [0.1, 0.15) is 5.15 Å². The zero-order chi connectivity index (χ0) is 25.4. The van der Waals surface area contributed by atoms with Gasteiger partial charge in [0, 0.05) is 19.3 Å². The number of aryl methyl sites for hydroxylation is 1. The van der Waals surface area contributed by atoms with Crippen LogP contribution >= 0.6 is 23.2 Å². The van der Waals surface area contributed by atoms with Crippen LogP contribution in [0.4, 0.5) is 18.9 Å². The Hall–Kier alpha value is -2.44. The van der Waals surface area contributed by atoms with Gasteiger partial charge in [-0.05, 0) is 43.3 Å². The normalized spacial score (nSPS) is 15.7. The van der Waals surface area contributed by atoms with Crippen LogP contribution < -0.4 is 0 Å². The molecule has 0 unspecified atom stereocenters. The molecule has 0 amide bonds. The molecule has 0 spiro atoms. The van der Waals surface area contributed by atoms with Crippen molar-refractivity contribution in [1.29, 1.82) is 0 Å². The Morgan fingerprint density at radius 2 is 1.83 bits per heavy atom. The van der Waals surface area contributed by atoms with Crippen molar-refractivity contribution in [2.45, 2.75) is 18.0 Å². The van der Waals surface area contributed by atoms with E-state index in [9.17, 15) is 21.6 Å². The molecule has 7 nitrogen and oxygen atoms in total. The second-order valence-electron chi connectivity index (χ2n) is 7.64. The van der Waals surface area contributed by atoms with Crippen LogP contribution in [0.3, 0.4) is 0 Å². The van der Waals surface area contributed by atoms with E-state index in [1.165, 1.54) is 45.5 Å². The SMILES string of the molecule is Cc1nn(-c2cccc(C(F)(F)F)c2)c(Cl)c1C=Nc1cc(S(=O)(=O)N2CCOCC2)ccc1Cl. The van der Waals surface area contributed by atoms with E-state index in [1.54, 1.807) is 6.92 Å². The lowest BCUT2D eigenvalue weighted by molar-refractivity contribution is -0.137. The minimum absolute atomic E-state index is 0.0263. The molecular weight excluding hydrogens is 528 g/mol. The summed E-state index contributed by atoms with van der Waals surface area (Å²) in [6.07, 6.45) is -3.17. The lowest BCUT2D eigenvalue weighted by atomic mass is 10.2. The van der Waals surface area contributed by atoms with Gasteiger partial charge in [0.05, 0.1) is 51.3 Å². The number of sulfonamides is 1. The lowest BCUT2D eigenvalue weighted by Gasteiger charge is -2.26. The molecular formula is C22H19Cl2F3N4O3S. The Labute approximate surface area is 209 Å². The number of aliphatic imine (C=N–C) groups is 1. The maximum Gasteiger partial charge on any atom is 0.416 e. The summed E-state index contributed by atoms with van der Waals surface area (Å²) in [6.45, 7) is 2.73. The van der Waals surface area contributed by atoms with Gasteiger partial charge >= 0.3 is 6.18 Å². The van der Waals surface area contributed by atoms with E-state index in [1.807, 2.05) is 0 Å². The number of hydrogen-bond acceptors (Lipinski definition) is 5. The number of ether oxygens (including phenoxy) is 1. The Morgan fingerprint density at radius 3 is 2.51 bits per heavy atom. The summed E-state index contributed by atoms with van der Waals surface area (Å²) < 4.78 is 72.9. The molecule has 0 aliphatic carbocycles. The Balaban J connectivity index is 1.66. The van der Waals surface area contributed by atoms with Crippen LogP contribution in [0.2, 0.25) is 10.2 Å². The van der Waals surface area contributed by atoms with Crippen LogP contribution in [0.25, 0.3) is 5.69 Å². The first-order chi connectivity index (χ1) is 16.5. The number of hydrogen-bond donors (Lipinski definition) is 0. The van der Waals surface area contributed by atoms with Gasteiger partial charge in [-0.1, -0.05) is 29.3 Å². The second-order valence-corrected chi connectivity index (χ2v) is 10.3. The van der Waals surface area contributed by atoms with Gasteiger partial charge in [0.2, 0.25) is 10.0 Å². The van der Waals surface area contributed by atoms with Gasteiger partial charge in [-0.2, -0.15) is 22.6 Å². The van der Waals surface area contributed by atoms with E-state index in [4.69, 9.17) is 27.9 Å². The quantitative estimate of drug-likeness (QED) is 0.408. The Morgan fingerprint density at radius 1 is 1.11 bits per heavy atom. The van der Waals surface area contributed by atoms with Crippen molar-refractivity contribution in [1.82, 2.24) is 14.1 Å². The molecule has 2 heterocycles. The van der Waals surface area contributed by atoms with Crippen LogP contribution in [0.5, 0.6) is 0 Å². The fraction of sp³-hybridized carbons (Fsp3) is 0.273. The number of benzene rings is 2. The molecule has 1 aliphatic heterocycles. The molecule has 186 valence electrons. The smallest absolute Gasteiger partial charge is 0.379 e. The lowest BCUT2D eigenvalue weighted by Crippen LogP contribution is -2.40. The summed E-state index contributed by atoms with van der Waals surface area (Å²) in [7, 11) is -3.76. The number of aromatic nitrogens is 2. The zero-order valence-electron chi connectivity index (χ0n) is 18.3. The molecule has 0 N–H and O–H groups in total. The molecule has 4 rings (SSSR count). The van der Waals surface area contributed by atoms with E-state index < -0.39 is 21.8 Å². The second kappa shape index (κ2) is 9.90. The molecule has 1 aliphatic rings. The standard InChI is InChI=1S/C22H19Cl2F3N4O3S/c1-14-18(21(24)31(29-14)16-4-2-3-15(11-16)22(25,26)27)13-28-20-12-17(5-6-19(20)23)35(32,33)30-7-9-34-10-8-30/h2-6,11-13H,7-10H2,1H3. The molecule has 35 heavy (non-hydrogen) atoms. The van der Waals surface area contributed by atoms with Crippen molar-refractivity contribution in [3.63, 3.8) is 0 Å². The molecule has 1 saturated heterocycles. The van der Waals surface area contributed by atoms with Gasteiger partial charge in [0.25, 0.3) is 0 Å². The fourth-order valence-electron chi connectivity index (χ4n) is 3.46. The van der Waals surface area contributed by atoms with Gasteiger partial charge in [0.15, 0.2) is 0 Å². The van der Waals surface area contributed by atoms with Crippen LogP contribution in [0.15, 0.2) is 52.4 Å². The third-order valence-electron chi connectivity index (χ3n) is 5.32. The molecule has 0 bridgehead atoms. The van der Waals surface area contributed by atoms with E-state index >= 15 is 0 Å². The van der Waals surface area contributed by atoms with Crippen molar-refractivity contribution in [3.05, 3.63) is 69.5 Å². The highest BCUT2D eigenvalue weighted by Gasteiger charge is 2.31. The van der Waals surface area contributed by atoms with Crippen molar-refractivity contribution >= 4 is 45.1 Å². The summed E-state index contributed by atoms with van der Waals surface area (Å²) in [6, 6.07) is 8.79. The minimum atomic E-state index is -4.52. The van der Waals surface area contributed by atoms with Crippen LogP contribution in [0.1, 0.15) is 16.8 Å². The summed E-state index contributed by atoms with van der Waals surface area (Å²) >= 11 is 12.7. The number of halogens is 5. The van der Waals surface area contributed by atoms with E-state index in [0.717, 1.165) is 12.1 Å². The van der Waals surface area contributed by atoms with Gasteiger partial charge in [-0.15, -0.1) is 0 Å². The Kier molecular flexibility index (Phi) is 7.26. The number of rotatable bonds is 5. The predicted molar refractivity (Wildman–Crippen MR) is 127 cm³/mol.